The van der Waals surface area contributed by atoms with Crippen molar-refractivity contribution in [2.24, 2.45) is 5.73 Å². The number of para-hydroxylation sites is 1. The van der Waals surface area contributed by atoms with Crippen molar-refractivity contribution in [3.8, 4) is 0 Å². The Hall–Kier alpha value is -0.750. The monoisotopic (exact) mass is 352 g/mol. The molecule has 0 saturated heterocycles. The molecule has 0 fully saturated rings. The number of halogens is 1. The minimum absolute atomic E-state index is 0.0256. The molecule has 2 N–H and O–H groups in total. The molecule has 0 spiro atoms. The largest absolute Gasteiger partial charge is 0.322 e. The van der Waals surface area contributed by atoms with Crippen LogP contribution in [0.2, 0.25) is 0 Å². The Kier molecular flexibility index (Phi) is 3.71. The first kappa shape index (κ1) is 13.2. The van der Waals surface area contributed by atoms with E-state index in [2.05, 4.69) is 40.0 Å². The van der Waals surface area contributed by atoms with Crippen molar-refractivity contribution >= 4 is 48.8 Å². The van der Waals surface area contributed by atoms with Crippen LogP contribution in [0.3, 0.4) is 0 Å². The SMILES string of the molecule is Cc1sc(CC(N)c2nc3ccccc3s2)cc1Br. The number of hydrogen-bond acceptors (Lipinski definition) is 4. The predicted molar refractivity (Wildman–Crippen MR) is 87.0 cm³/mol. The van der Waals surface area contributed by atoms with Gasteiger partial charge in [0.15, 0.2) is 0 Å². The molecule has 98 valence electrons. The fourth-order valence-electron chi connectivity index (χ4n) is 1.97. The van der Waals surface area contributed by atoms with Crippen molar-refractivity contribution in [1.29, 1.82) is 0 Å². The first-order chi connectivity index (χ1) is 9.13. The third kappa shape index (κ3) is 2.74. The van der Waals surface area contributed by atoms with Crippen LogP contribution in [0, 0.1) is 6.92 Å². The van der Waals surface area contributed by atoms with Crippen molar-refractivity contribution in [3.05, 3.63) is 49.6 Å². The summed E-state index contributed by atoms with van der Waals surface area (Å²) in [6.07, 6.45) is 0.844. The highest BCUT2D eigenvalue weighted by Crippen LogP contribution is 2.31. The van der Waals surface area contributed by atoms with Crippen molar-refractivity contribution in [1.82, 2.24) is 4.98 Å². The molecule has 0 bridgehead atoms. The molecular formula is C14H13BrN2S2. The zero-order chi connectivity index (χ0) is 13.4. The topological polar surface area (TPSA) is 38.9 Å². The van der Waals surface area contributed by atoms with E-state index in [4.69, 9.17) is 5.73 Å². The lowest BCUT2D eigenvalue weighted by Gasteiger charge is -2.05. The third-order valence-electron chi connectivity index (χ3n) is 2.96. The van der Waals surface area contributed by atoms with Crippen LogP contribution < -0.4 is 5.73 Å². The molecule has 2 heterocycles. The minimum atomic E-state index is -0.0256. The molecule has 0 aliphatic rings. The molecule has 0 saturated carbocycles. The van der Waals surface area contributed by atoms with Crippen LogP contribution in [0.1, 0.15) is 20.8 Å². The summed E-state index contributed by atoms with van der Waals surface area (Å²) >= 11 is 7.03. The minimum Gasteiger partial charge on any atom is -0.322 e. The lowest BCUT2D eigenvalue weighted by molar-refractivity contribution is 0.725. The Labute approximate surface area is 128 Å². The summed E-state index contributed by atoms with van der Waals surface area (Å²) in [4.78, 5) is 7.22. The van der Waals surface area contributed by atoms with Crippen LogP contribution in [0.4, 0.5) is 0 Å². The quantitative estimate of drug-likeness (QED) is 0.743. The number of nitrogens with zero attached hydrogens (tertiary/aromatic N) is 1. The third-order valence-corrected chi connectivity index (χ3v) is 6.28. The van der Waals surface area contributed by atoms with E-state index in [1.807, 2.05) is 18.2 Å². The molecule has 5 heteroatoms. The molecule has 2 aromatic heterocycles. The van der Waals surface area contributed by atoms with Crippen LogP contribution in [-0.2, 0) is 6.42 Å². The number of rotatable bonds is 3. The molecule has 1 aromatic carbocycles. The van der Waals surface area contributed by atoms with Gasteiger partial charge in [-0.2, -0.15) is 0 Å². The summed E-state index contributed by atoms with van der Waals surface area (Å²) in [7, 11) is 0. The highest BCUT2D eigenvalue weighted by molar-refractivity contribution is 9.10. The molecule has 0 amide bonds. The summed E-state index contributed by atoms with van der Waals surface area (Å²) in [6.45, 7) is 2.11. The normalized spacial score (nSPS) is 13.0. The molecule has 3 aromatic rings. The second-order valence-electron chi connectivity index (χ2n) is 4.45. The van der Waals surface area contributed by atoms with Gasteiger partial charge in [0.2, 0.25) is 0 Å². The standard InChI is InChI=1S/C14H13BrN2S2/c1-8-10(15)6-9(18-8)7-11(16)14-17-12-4-2-3-5-13(12)19-14/h2-6,11H,7,16H2,1H3. The number of aryl methyl sites for hydroxylation is 1. The maximum Gasteiger partial charge on any atom is 0.111 e. The average molecular weight is 353 g/mol. The summed E-state index contributed by atoms with van der Waals surface area (Å²) in [5.41, 5.74) is 7.33. The average Bonchev–Trinajstić information content (AvgIpc) is 2.93. The van der Waals surface area contributed by atoms with Crippen LogP contribution in [0.15, 0.2) is 34.8 Å². The first-order valence-corrected chi connectivity index (χ1v) is 8.42. The van der Waals surface area contributed by atoms with Gasteiger partial charge in [-0.15, -0.1) is 22.7 Å². The van der Waals surface area contributed by atoms with E-state index in [1.165, 1.54) is 18.9 Å². The number of nitrogens with two attached hydrogens (primary N) is 1. The zero-order valence-electron chi connectivity index (χ0n) is 10.4. The second-order valence-corrected chi connectivity index (χ2v) is 7.70. The summed E-state index contributed by atoms with van der Waals surface area (Å²) in [6, 6.07) is 10.3. The molecule has 0 aliphatic carbocycles. The number of hydrogen-bond donors (Lipinski definition) is 1. The van der Waals surface area contributed by atoms with Gasteiger partial charge in [-0.1, -0.05) is 12.1 Å². The molecule has 3 rings (SSSR count). The van der Waals surface area contributed by atoms with Crippen LogP contribution >= 0.6 is 38.6 Å². The van der Waals surface area contributed by atoms with Gasteiger partial charge in [0.1, 0.15) is 5.01 Å². The molecule has 19 heavy (non-hydrogen) atoms. The van der Waals surface area contributed by atoms with Gasteiger partial charge in [0, 0.05) is 20.6 Å². The molecule has 2 nitrogen and oxygen atoms in total. The Balaban J connectivity index is 1.85. The number of benzene rings is 1. The van der Waals surface area contributed by atoms with Gasteiger partial charge in [0.25, 0.3) is 0 Å². The molecule has 0 aliphatic heterocycles. The van der Waals surface area contributed by atoms with Gasteiger partial charge >= 0.3 is 0 Å². The van der Waals surface area contributed by atoms with E-state index in [0.717, 1.165) is 16.9 Å². The van der Waals surface area contributed by atoms with Crippen molar-refractivity contribution < 1.29 is 0 Å². The van der Waals surface area contributed by atoms with Gasteiger partial charge < -0.3 is 5.73 Å². The Morgan fingerprint density at radius 1 is 1.32 bits per heavy atom. The van der Waals surface area contributed by atoms with Gasteiger partial charge in [0.05, 0.1) is 16.3 Å². The lowest BCUT2D eigenvalue weighted by Crippen LogP contribution is -2.12. The second kappa shape index (κ2) is 5.32. The smallest absolute Gasteiger partial charge is 0.111 e. The van der Waals surface area contributed by atoms with Crippen LogP contribution in [0.5, 0.6) is 0 Å². The number of thiophene rings is 1. The highest BCUT2D eigenvalue weighted by atomic mass is 79.9. The van der Waals surface area contributed by atoms with Crippen LogP contribution in [-0.4, -0.2) is 4.98 Å². The van der Waals surface area contributed by atoms with E-state index < -0.39 is 0 Å². The maximum absolute atomic E-state index is 6.29. The van der Waals surface area contributed by atoms with E-state index in [9.17, 15) is 0 Å². The van der Waals surface area contributed by atoms with Gasteiger partial charge in [-0.3, -0.25) is 0 Å². The van der Waals surface area contributed by atoms with Crippen LogP contribution in [0.25, 0.3) is 10.2 Å². The van der Waals surface area contributed by atoms with E-state index in [0.29, 0.717) is 0 Å². The molecule has 1 atom stereocenters. The van der Waals surface area contributed by atoms with Gasteiger partial charge in [-0.05, 0) is 41.1 Å². The van der Waals surface area contributed by atoms with Gasteiger partial charge in [-0.25, -0.2) is 4.98 Å². The summed E-state index contributed by atoms with van der Waals surface area (Å²) in [5.74, 6) is 0. The maximum atomic E-state index is 6.29. The fourth-order valence-corrected chi connectivity index (χ4v) is 4.60. The van der Waals surface area contributed by atoms with E-state index >= 15 is 0 Å². The Morgan fingerprint density at radius 2 is 2.11 bits per heavy atom. The fraction of sp³-hybridized carbons (Fsp3) is 0.214. The first-order valence-electron chi connectivity index (χ1n) is 5.99. The lowest BCUT2D eigenvalue weighted by atomic mass is 10.2. The predicted octanol–water partition coefficient (Wildman–Crippen LogP) is 4.67. The van der Waals surface area contributed by atoms with Crippen molar-refractivity contribution in [2.75, 3.05) is 0 Å². The summed E-state index contributed by atoms with van der Waals surface area (Å²) in [5, 5.41) is 1.02. The number of aromatic nitrogens is 1. The Bertz CT molecular complexity index is 665. The van der Waals surface area contributed by atoms with E-state index in [-0.39, 0.29) is 6.04 Å². The van der Waals surface area contributed by atoms with Crippen molar-refractivity contribution in [2.45, 2.75) is 19.4 Å². The number of thiazole rings is 1. The Morgan fingerprint density at radius 3 is 2.79 bits per heavy atom. The van der Waals surface area contributed by atoms with Crippen molar-refractivity contribution in [3.63, 3.8) is 0 Å². The number of fused-ring (bicyclic) bond motifs is 1. The molecule has 0 radical (unpaired) electrons. The molecular weight excluding hydrogens is 340 g/mol. The highest BCUT2D eigenvalue weighted by Gasteiger charge is 2.14. The summed E-state index contributed by atoms with van der Waals surface area (Å²) < 4.78 is 2.38. The zero-order valence-corrected chi connectivity index (χ0v) is 13.6. The van der Waals surface area contributed by atoms with E-state index in [1.54, 1.807) is 22.7 Å². The molecule has 1 unspecified atom stereocenters.